The first kappa shape index (κ1) is 21.7. The molecule has 5 rings (SSSR count). The van der Waals surface area contributed by atoms with Gasteiger partial charge in [-0.05, 0) is 66.4 Å². The van der Waals surface area contributed by atoms with Gasteiger partial charge in [-0.1, -0.05) is 30.3 Å². The normalized spacial score (nSPS) is 23.2. The molecule has 3 atom stereocenters. The first-order valence-electron chi connectivity index (χ1n) is 11.6. The summed E-state index contributed by atoms with van der Waals surface area (Å²) in [6.45, 7) is 2.24. The molecule has 2 aliphatic heterocycles. The number of aliphatic hydroxyl groups is 1. The van der Waals surface area contributed by atoms with Gasteiger partial charge in [0, 0.05) is 49.0 Å². The fraction of sp³-hybridized carbons (Fsp3) is 0.333. The third kappa shape index (κ3) is 4.28. The van der Waals surface area contributed by atoms with E-state index in [-0.39, 0.29) is 30.5 Å². The highest BCUT2D eigenvalue weighted by atomic mass is 19.1. The molecular weight excluding hydrogens is 417 g/mol. The van der Waals surface area contributed by atoms with Crippen molar-refractivity contribution in [3.8, 4) is 11.1 Å². The van der Waals surface area contributed by atoms with Crippen molar-refractivity contribution in [1.29, 1.82) is 0 Å². The molecule has 0 radical (unpaired) electrons. The van der Waals surface area contributed by atoms with E-state index in [0.717, 1.165) is 30.5 Å². The Balaban J connectivity index is 1.39. The first-order chi connectivity index (χ1) is 16.2. The molecule has 6 heteroatoms. The minimum Gasteiger partial charge on any atom is -0.395 e. The molecule has 3 aromatic rings. The summed E-state index contributed by atoms with van der Waals surface area (Å²) in [4.78, 5) is 21.5. The maximum atomic E-state index is 13.7. The maximum absolute atomic E-state index is 13.7. The molecule has 2 aliphatic rings. The van der Waals surface area contributed by atoms with Gasteiger partial charge in [0.25, 0.3) is 5.91 Å². The molecule has 0 aliphatic carbocycles. The zero-order valence-electron chi connectivity index (χ0n) is 18.5. The van der Waals surface area contributed by atoms with Crippen LogP contribution in [0.15, 0.2) is 73.1 Å². The molecule has 33 heavy (non-hydrogen) atoms. The minimum atomic E-state index is -0.398. The quantitative estimate of drug-likeness (QED) is 0.661. The summed E-state index contributed by atoms with van der Waals surface area (Å²) in [5.41, 5.74) is 3.80. The van der Waals surface area contributed by atoms with Gasteiger partial charge in [-0.3, -0.25) is 14.7 Å². The Labute approximate surface area is 193 Å². The Morgan fingerprint density at radius 3 is 2.45 bits per heavy atom. The Hall–Kier alpha value is -3.09. The lowest BCUT2D eigenvalue weighted by Crippen LogP contribution is -2.67. The summed E-state index contributed by atoms with van der Waals surface area (Å²) in [5.74, 6) is -0.386. The van der Waals surface area contributed by atoms with Gasteiger partial charge in [0.05, 0.1) is 6.61 Å². The summed E-state index contributed by atoms with van der Waals surface area (Å²) in [5, 5.41) is 10.2. The summed E-state index contributed by atoms with van der Waals surface area (Å²) < 4.78 is 13.7. The number of amides is 1. The molecule has 2 aromatic carbocycles. The number of carbonyl (C=O) groups is 1. The van der Waals surface area contributed by atoms with Gasteiger partial charge in [-0.2, -0.15) is 0 Å². The summed E-state index contributed by atoms with van der Waals surface area (Å²) >= 11 is 0. The van der Waals surface area contributed by atoms with E-state index < -0.39 is 5.82 Å². The van der Waals surface area contributed by atoms with Crippen molar-refractivity contribution in [2.45, 2.75) is 30.8 Å². The Bertz CT molecular complexity index is 1110. The molecule has 1 N–H and O–H groups in total. The number of hydrogen-bond acceptors (Lipinski definition) is 4. The van der Waals surface area contributed by atoms with Crippen LogP contribution in [0.25, 0.3) is 11.1 Å². The molecule has 1 aromatic heterocycles. The Morgan fingerprint density at radius 2 is 1.73 bits per heavy atom. The standard InChI is InChI=1S/C27H28FN3O2/c28-23-5-3-4-22(16-23)27(33)30-14-1-2-15-31-24(17-30)26(25(31)18-32)21-8-6-19(7-9-21)20-10-12-29-13-11-20/h3-13,16,24-26,32H,1-2,14-15,17-18H2/t24-,25-,26-/m1/s1. The zero-order chi connectivity index (χ0) is 22.8. The summed E-state index contributed by atoms with van der Waals surface area (Å²) in [6, 6.07) is 18.6. The highest BCUT2D eigenvalue weighted by Crippen LogP contribution is 2.42. The lowest BCUT2D eigenvalue weighted by atomic mass is 9.74. The van der Waals surface area contributed by atoms with Crippen molar-refractivity contribution in [2.24, 2.45) is 0 Å². The monoisotopic (exact) mass is 445 g/mol. The molecule has 0 bridgehead atoms. The van der Waals surface area contributed by atoms with E-state index in [9.17, 15) is 14.3 Å². The first-order valence-corrected chi connectivity index (χ1v) is 11.6. The van der Waals surface area contributed by atoms with Gasteiger partial charge in [0.2, 0.25) is 0 Å². The molecule has 0 unspecified atom stereocenters. The van der Waals surface area contributed by atoms with Crippen LogP contribution >= 0.6 is 0 Å². The molecule has 170 valence electrons. The van der Waals surface area contributed by atoms with Crippen molar-refractivity contribution < 1.29 is 14.3 Å². The average Bonchev–Trinajstić information content (AvgIpc) is 2.83. The second-order valence-electron chi connectivity index (χ2n) is 8.91. The number of pyridine rings is 1. The highest BCUT2D eigenvalue weighted by molar-refractivity contribution is 5.94. The van der Waals surface area contributed by atoms with Crippen molar-refractivity contribution in [1.82, 2.24) is 14.8 Å². The number of rotatable bonds is 4. The summed E-state index contributed by atoms with van der Waals surface area (Å²) in [6.07, 6.45) is 5.43. The third-order valence-corrected chi connectivity index (χ3v) is 7.04. The molecule has 3 heterocycles. The number of fused-ring (bicyclic) bond motifs is 1. The zero-order valence-corrected chi connectivity index (χ0v) is 18.5. The molecule has 1 amide bonds. The van der Waals surface area contributed by atoms with Crippen molar-refractivity contribution >= 4 is 5.91 Å². The molecule has 2 saturated heterocycles. The largest absolute Gasteiger partial charge is 0.395 e. The molecule has 0 saturated carbocycles. The lowest BCUT2D eigenvalue weighted by molar-refractivity contribution is -0.0606. The lowest BCUT2D eigenvalue weighted by Gasteiger charge is -2.57. The minimum absolute atomic E-state index is 0.0472. The number of aliphatic hydroxyl groups excluding tert-OH is 1. The highest BCUT2D eigenvalue weighted by Gasteiger charge is 2.49. The Kier molecular flexibility index (Phi) is 6.20. The second kappa shape index (κ2) is 9.41. The second-order valence-corrected chi connectivity index (χ2v) is 8.91. The van der Waals surface area contributed by atoms with E-state index in [4.69, 9.17) is 0 Å². The predicted octanol–water partition coefficient (Wildman–Crippen LogP) is 3.95. The fourth-order valence-electron chi connectivity index (χ4n) is 5.37. The van der Waals surface area contributed by atoms with E-state index in [1.54, 1.807) is 24.5 Å². The summed E-state index contributed by atoms with van der Waals surface area (Å²) in [7, 11) is 0. The van der Waals surface area contributed by atoms with Gasteiger partial charge in [0.15, 0.2) is 0 Å². The van der Waals surface area contributed by atoms with Gasteiger partial charge >= 0.3 is 0 Å². The Morgan fingerprint density at radius 1 is 1.00 bits per heavy atom. The average molecular weight is 446 g/mol. The van der Waals surface area contributed by atoms with Crippen molar-refractivity contribution in [3.05, 3.63) is 90.0 Å². The van der Waals surface area contributed by atoms with Crippen LogP contribution in [0.5, 0.6) is 0 Å². The number of halogens is 1. The van der Waals surface area contributed by atoms with Gasteiger partial charge in [0.1, 0.15) is 5.82 Å². The SMILES string of the molecule is O=C(c1cccc(F)c1)N1CCCCN2[C@H](CO)[C@H](c3ccc(-c4ccncc4)cc3)[C@H]2C1. The maximum Gasteiger partial charge on any atom is 0.254 e. The van der Waals surface area contributed by atoms with Crippen LogP contribution in [0, 0.1) is 5.82 Å². The van der Waals surface area contributed by atoms with Gasteiger partial charge < -0.3 is 10.0 Å². The van der Waals surface area contributed by atoms with E-state index in [1.807, 2.05) is 17.0 Å². The third-order valence-electron chi connectivity index (χ3n) is 7.04. The number of carbonyl (C=O) groups excluding carboxylic acids is 1. The molecule has 0 spiro atoms. The number of benzene rings is 2. The van der Waals surface area contributed by atoms with Crippen LogP contribution in [0.3, 0.4) is 0 Å². The number of nitrogens with zero attached hydrogens (tertiary/aromatic N) is 3. The van der Waals surface area contributed by atoms with Crippen LogP contribution in [-0.2, 0) is 0 Å². The molecular formula is C27H28FN3O2. The smallest absolute Gasteiger partial charge is 0.254 e. The van der Waals surface area contributed by atoms with E-state index in [2.05, 4.69) is 34.1 Å². The van der Waals surface area contributed by atoms with Crippen molar-refractivity contribution in [3.63, 3.8) is 0 Å². The topological polar surface area (TPSA) is 56.7 Å². The van der Waals surface area contributed by atoms with Crippen LogP contribution in [0.4, 0.5) is 4.39 Å². The van der Waals surface area contributed by atoms with E-state index >= 15 is 0 Å². The van der Waals surface area contributed by atoms with Crippen LogP contribution < -0.4 is 0 Å². The predicted molar refractivity (Wildman–Crippen MR) is 125 cm³/mol. The molecule has 2 fully saturated rings. The van der Waals surface area contributed by atoms with Crippen LogP contribution in [-0.4, -0.2) is 64.1 Å². The van der Waals surface area contributed by atoms with E-state index in [1.165, 1.54) is 17.7 Å². The van der Waals surface area contributed by atoms with Crippen LogP contribution in [0.2, 0.25) is 0 Å². The van der Waals surface area contributed by atoms with Crippen molar-refractivity contribution in [2.75, 3.05) is 26.2 Å². The van der Waals surface area contributed by atoms with E-state index in [0.29, 0.717) is 18.7 Å². The van der Waals surface area contributed by atoms with Crippen LogP contribution in [0.1, 0.15) is 34.7 Å². The van der Waals surface area contributed by atoms with Gasteiger partial charge in [-0.25, -0.2) is 4.39 Å². The fourth-order valence-corrected chi connectivity index (χ4v) is 5.37. The van der Waals surface area contributed by atoms with Gasteiger partial charge in [-0.15, -0.1) is 0 Å². The number of hydrogen-bond donors (Lipinski definition) is 1. The molecule has 5 nitrogen and oxygen atoms in total. The number of aromatic nitrogens is 1.